The van der Waals surface area contributed by atoms with E-state index in [0.29, 0.717) is 17.4 Å². The maximum atomic E-state index is 12.8. The molecule has 0 bridgehead atoms. The van der Waals surface area contributed by atoms with Crippen molar-refractivity contribution in [3.05, 3.63) is 60.8 Å². The lowest BCUT2D eigenvalue weighted by Gasteiger charge is -2.28. The molecule has 9 nitrogen and oxygen atoms in total. The molecule has 0 rings (SSSR count). The summed E-state index contributed by atoms with van der Waals surface area (Å²) in [5.74, 6) is -0.822. The van der Waals surface area contributed by atoms with Gasteiger partial charge in [-0.15, -0.1) is 0 Å². The second kappa shape index (κ2) is 61.3. The summed E-state index contributed by atoms with van der Waals surface area (Å²) in [5, 5.41) is 0. The summed E-state index contributed by atoms with van der Waals surface area (Å²) in [6.45, 7) is 4.17. The third-order valence-electron chi connectivity index (χ3n) is 15.0. The number of unbranched alkanes of at least 4 members (excludes halogenated alkanes) is 39. The highest BCUT2D eigenvalue weighted by molar-refractivity contribution is 7.45. The summed E-state index contributed by atoms with van der Waals surface area (Å²) < 4.78 is 34.3. The number of esters is 2. The van der Waals surface area contributed by atoms with Gasteiger partial charge in [0.1, 0.15) is 19.8 Å². The van der Waals surface area contributed by atoms with Gasteiger partial charge < -0.3 is 27.9 Å². The monoisotopic (exact) mass is 1140 g/mol. The van der Waals surface area contributed by atoms with E-state index in [1.165, 1.54) is 225 Å². The van der Waals surface area contributed by atoms with Gasteiger partial charge in [0.05, 0.1) is 27.7 Å². The van der Waals surface area contributed by atoms with Crippen LogP contribution in [0, 0.1) is 0 Å². The Morgan fingerprint density at radius 1 is 0.400 bits per heavy atom. The first-order chi connectivity index (χ1) is 39.0. The van der Waals surface area contributed by atoms with Crippen molar-refractivity contribution in [2.75, 3.05) is 47.5 Å². The van der Waals surface area contributed by atoms with E-state index >= 15 is 0 Å². The highest BCUT2D eigenvalue weighted by Crippen LogP contribution is 2.38. The Labute approximate surface area is 496 Å². The van der Waals surface area contributed by atoms with E-state index < -0.39 is 26.5 Å². The molecule has 80 heavy (non-hydrogen) atoms. The first kappa shape index (κ1) is 77.7. The van der Waals surface area contributed by atoms with Crippen LogP contribution in [0.2, 0.25) is 0 Å². The van der Waals surface area contributed by atoms with Gasteiger partial charge in [-0.2, -0.15) is 0 Å². The lowest BCUT2D eigenvalue weighted by Crippen LogP contribution is -2.37. The molecule has 0 fully saturated rings. The van der Waals surface area contributed by atoms with Crippen molar-refractivity contribution in [2.45, 2.75) is 328 Å². The van der Waals surface area contributed by atoms with Crippen LogP contribution in [-0.2, 0) is 32.7 Å². The molecule has 0 aliphatic carbocycles. The Bertz CT molecular complexity index is 1530. The number of hydrogen-bond donors (Lipinski definition) is 0. The van der Waals surface area contributed by atoms with Crippen LogP contribution in [0.5, 0.6) is 0 Å². The van der Waals surface area contributed by atoms with E-state index in [2.05, 4.69) is 74.6 Å². The van der Waals surface area contributed by atoms with E-state index in [9.17, 15) is 19.0 Å². The number of carbonyl (C=O) groups excluding carboxylic acids is 2. The van der Waals surface area contributed by atoms with Crippen LogP contribution < -0.4 is 4.89 Å². The number of likely N-dealkylation sites (N-methyl/N-ethyl adjacent to an activating group) is 1. The van der Waals surface area contributed by atoms with E-state index in [1.54, 1.807) is 0 Å². The number of phosphoric acid groups is 1. The molecule has 0 aromatic heterocycles. The third-order valence-corrected chi connectivity index (χ3v) is 16.0. The van der Waals surface area contributed by atoms with Gasteiger partial charge in [0.2, 0.25) is 0 Å². The second-order valence-corrected chi connectivity index (χ2v) is 25.6. The van der Waals surface area contributed by atoms with Crippen molar-refractivity contribution in [1.29, 1.82) is 0 Å². The number of allylic oxidation sites excluding steroid dienone is 10. The summed E-state index contributed by atoms with van der Waals surface area (Å²) in [5.41, 5.74) is 0. The number of phosphoric ester groups is 1. The first-order valence-corrected chi connectivity index (χ1v) is 35.5. The fourth-order valence-corrected chi connectivity index (χ4v) is 10.6. The van der Waals surface area contributed by atoms with Crippen LogP contribution in [-0.4, -0.2) is 70.0 Å². The highest BCUT2D eigenvalue weighted by Gasteiger charge is 2.22. The summed E-state index contributed by atoms with van der Waals surface area (Å²) in [7, 11) is 1.17. The molecular weight excluding hydrogens is 1010 g/mol. The average Bonchev–Trinajstić information content (AvgIpc) is 3.42. The molecule has 0 heterocycles. The summed E-state index contributed by atoms with van der Waals surface area (Å²) >= 11 is 0. The van der Waals surface area contributed by atoms with Crippen molar-refractivity contribution < 1.29 is 42.1 Å². The number of carbonyl (C=O) groups is 2. The minimum absolute atomic E-state index is 0.0311. The van der Waals surface area contributed by atoms with Crippen molar-refractivity contribution in [3.63, 3.8) is 0 Å². The number of hydrogen-bond acceptors (Lipinski definition) is 8. The van der Waals surface area contributed by atoms with Crippen LogP contribution in [0.3, 0.4) is 0 Å². The molecule has 0 aliphatic heterocycles. The molecule has 0 N–H and O–H groups in total. The Balaban J connectivity index is 4.02. The minimum atomic E-state index is -4.64. The molecule has 0 aliphatic rings. The smallest absolute Gasteiger partial charge is 0.306 e. The molecule has 0 radical (unpaired) electrons. The topological polar surface area (TPSA) is 111 Å². The maximum Gasteiger partial charge on any atom is 0.306 e. The van der Waals surface area contributed by atoms with Crippen LogP contribution in [0.25, 0.3) is 0 Å². The normalized spacial score (nSPS) is 13.5. The summed E-state index contributed by atoms with van der Waals surface area (Å²) in [6, 6.07) is 0. The zero-order valence-corrected chi connectivity index (χ0v) is 54.2. The highest BCUT2D eigenvalue weighted by atomic mass is 31.2. The summed E-state index contributed by atoms with van der Waals surface area (Å²) in [6.07, 6.45) is 80.1. The minimum Gasteiger partial charge on any atom is -0.756 e. The van der Waals surface area contributed by atoms with Crippen molar-refractivity contribution >= 4 is 19.8 Å². The van der Waals surface area contributed by atoms with Crippen molar-refractivity contribution in [1.82, 2.24) is 0 Å². The van der Waals surface area contributed by atoms with Crippen LogP contribution >= 0.6 is 7.82 Å². The summed E-state index contributed by atoms with van der Waals surface area (Å²) in [4.78, 5) is 38.0. The predicted molar refractivity (Wildman–Crippen MR) is 342 cm³/mol. The Morgan fingerprint density at radius 3 is 1.07 bits per heavy atom. The van der Waals surface area contributed by atoms with Crippen molar-refractivity contribution in [3.8, 4) is 0 Å². The van der Waals surface area contributed by atoms with E-state index in [-0.39, 0.29) is 32.0 Å². The van der Waals surface area contributed by atoms with Gasteiger partial charge in [-0.1, -0.05) is 293 Å². The van der Waals surface area contributed by atoms with Gasteiger partial charge >= 0.3 is 11.9 Å². The second-order valence-electron chi connectivity index (χ2n) is 24.2. The SMILES string of the molecule is CC/C=C\C/C=C\C/C=C\C/C=C\CCCCCCCCCCCCCCC(=O)OC(COC(=O)CCCCCCCCCCCCCCCCCCCCC/C=C\CCCCCCCCCC)COP(=O)([O-])OCC[N+](C)(C)C. The third kappa shape index (κ3) is 64.9. The molecule has 2 unspecified atom stereocenters. The fraction of sp³-hybridized carbons (Fsp3) is 0.829. The zero-order chi connectivity index (χ0) is 58.4. The molecule has 468 valence electrons. The van der Waals surface area contributed by atoms with Crippen LogP contribution in [0.1, 0.15) is 322 Å². The Hall–Kier alpha value is -2.29. The lowest BCUT2D eigenvalue weighted by molar-refractivity contribution is -0.870. The maximum absolute atomic E-state index is 12.8. The number of quaternary nitrogens is 1. The van der Waals surface area contributed by atoms with Crippen molar-refractivity contribution in [2.24, 2.45) is 0 Å². The molecule has 0 spiro atoms. The van der Waals surface area contributed by atoms with E-state index in [0.717, 1.165) is 64.2 Å². The molecule has 0 saturated carbocycles. The quantitative estimate of drug-likeness (QED) is 0.0195. The van der Waals surface area contributed by atoms with Gasteiger partial charge in [-0.05, 0) is 77.0 Å². The Morgan fingerprint density at radius 2 is 0.713 bits per heavy atom. The number of nitrogens with zero attached hydrogens (tertiary/aromatic N) is 1. The molecule has 2 atom stereocenters. The van der Waals surface area contributed by atoms with Gasteiger partial charge in [0, 0.05) is 12.8 Å². The average molecular weight is 1140 g/mol. The first-order valence-electron chi connectivity index (χ1n) is 34.0. The van der Waals surface area contributed by atoms with Gasteiger partial charge in [-0.25, -0.2) is 0 Å². The molecule has 10 heteroatoms. The number of ether oxygens (including phenoxy) is 2. The lowest BCUT2D eigenvalue weighted by atomic mass is 10.0. The van der Waals surface area contributed by atoms with E-state index in [4.69, 9.17) is 18.5 Å². The van der Waals surface area contributed by atoms with Gasteiger partial charge in [0.25, 0.3) is 7.82 Å². The molecule has 0 amide bonds. The van der Waals surface area contributed by atoms with E-state index in [1.807, 2.05) is 21.1 Å². The largest absolute Gasteiger partial charge is 0.756 e. The standard InChI is InChI=1S/C70H130NO8P/c1-6-8-10-12-14-16-18-20-22-24-26-28-30-32-33-34-35-36-37-39-40-42-44-46-48-50-52-54-56-58-60-62-69(72)76-66-68(67-78-80(74,75)77-65-64-71(3,4)5)79-70(73)63-61-59-57-55-53-51-49-47-45-43-41-38-31-29-27-25-23-21-19-17-15-13-11-9-7-2/h9,11,15,17,21,23-24,26-27,29,68H,6-8,10,12-14,16,18-20,22,25,28,30-67H2,1-5H3/b11-9-,17-15-,23-21-,26-24-,29-27-. The van der Waals surface area contributed by atoms with Crippen LogP contribution in [0.4, 0.5) is 0 Å². The van der Waals surface area contributed by atoms with Gasteiger partial charge in [-0.3, -0.25) is 14.2 Å². The number of rotatable bonds is 63. The predicted octanol–water partition coefficient (Wildman–Crippen LogP) is 21.2. The zero-order valence-electron chi connectivity index (χ0n) is 53.3. The molecule has 0 saturated heterocycles. The molecular formula is C70H130NO8P. The van der Waals surface area contributed by atoms with Crippen LogP contribution in [0.15, 0.2) is 60.8 Å². The fourth-order valence-electron chi connectivity index (χ4n) is 9.82. The van der Waals surface area contributed by atoms with Gasteiger partial charge in [0.15, 0.2) is 6.10 Å². The Kier molecular flexibility index (Phi) is 59.5. The molecule has 0 aromatic carbocycles. The molecule has 0 aromatic rings.